The van der Waals surface area contributed by atoms with Crippen LogP contribution in [0.1, 0.15) is 19.8 Å². The average Bonchev–Trinajstić information content (AvgIpc) is 2.61. The van der Waals surface area contributed by atoms with E-state index in [9.17, 15) is 4.79 Å². The molecule has 0 spiro atoms. The maximum atomic E-state index is 11.5. The molecule has 1 amide bonds. The van der Waals surface area contributed by atoms with Crippen molar-refractivity contribution in [3.05, 3.63) is 10.4 Å². The number of nitrogens with zero attached hydrogens (tertiary/aromatic N) is 3. The second-order valence-electron chi connectivity index (χ2n) is 3.83. The molecule has 3 N–H and O–H groups in total. The number of carbonyl (C=O) groups excluding carboxylic acids is 1. The van der Waals surface area contributed by atoms with E-state index >= 15 is 0 Å². The third kappa shape index (κ3) is 2.63. The lowest BCUT2D eigenvalue weighted by Crippen LogP contribution is -2.60. The number of nitrogens with two attached hydrogens (primary N) is 1. The molecular weight excluding hydrogens is 210 g/mol. The zero-order chi connectivity index (χ0) is 12.0. The van der Waals surface area contributed by atoms with Crippen LogP contribution >= 0.6 is 0 Å². The van der Waals surface area contributed by atoms with E-state index in [1.165, 1.54) is 0 Å². The summed E-state index contributed by atoms with van der Waals surface area (Å²) in [7, 11) is 0. The average molecular weight is 227 g/mol. The molecule has 0 radical (unpaired) electrons. The van der Waals surface area contributed by atoms with Crippen molar-refractivity contribution >= 4 is 5.91 Å². The maximum absolute atomic E-state index is 11.5. The van der Waals surface area contributed by atoms with E-state index in [4.69, 9.17) is 16.0 Å². The second kappa shape index (κ2) is 5.69. The van der Waals surface area contributed by atoms with Gasteiger partial charge in [-0.05, 0) is 25.4 Å². The van der Waals surface area contributed by atoms with Crippen LogP contribution in [0.25, 0.3) is 10.4 Å². The first-order valence-electron chi connectivity index (χ1n) is 5.31. The first-order chi connectivity index (χ1) is 7.63. The van der Waals surface area contributed by atoms with Gasteiger partial charge in [-0.2, -0.15) is 0 Å². The molecule has 1 aliphatic rings. The van der Waals surface area contributed by atoms with Crippen LogP contribution in [0.3, 0.4) is 0 Å². The summed E-state index contributed by atoms with van der Waals surface area (Å²) in [6, 6.07) is 0. The smallest absolute Gasteiger partial charge is 0.240 e. The van der Waals surface area contributed by atoms with E-state index in [1.807, 2.05) is 6.92 Å². The van der Waals surface area contributed by atoms with Crippen LogP contribution < -0.4 is 11.1 Å². The molecule has 1 saturated heterocycles. The predicted octanol–water partition coefficient (Wildman–Crippen LogP) is 0.309. The van der Waals surface area contributed by atoms with E-state index in [0.717, 1.165) is 0 Å². The molecule has 0 aromatic carbocycles. The van der Waals surface area contributed by atoms with E-state index < -0.39 is 5.54 Å². The zero-order valence-corrected chi connectivity index (χ0v) is 9.35. The molecular formula is C9H17N5O2. The Morgan fingerprint density at radius 2 is 2.56 bits per heavy atom. The monoisotopic (exact) mass is 227 g/mol. The predicted molar refractivity (Wildman–Crippen MR) is 58.6 cm³/mol. The van der Waals surface area contributed by atoms with E-state index in [0.29, 0.717) is 32.5 Å². The fourth-order valence-electron chi connectivity index (χ4n) is 1.89. The van der Waals surface area contributed by atoms with Crippen molar-refractivity contribution in [1.29, 1.82) is 0 Å². The van der Waals surface area contributed by atoms with Gasteiger partial charge in [-0.25, -0.2) is 0 Å². The molecule has 0 bridgehead atoms. The maximum Gasteiger partial charge on any atom is 0.240 e. The van der Waals surface area contributed by atoms with E-state index in [1.54, 1.807) is 0 Å². The first kappa shape index (κ1) is 12.8. The van der Waals surface area contributed by atoms with Gasteiger partial charge < -0.3 is 15.8 Å². The lowest BCUT2D eigenvalue weighted by molar-refractivity contribution is -0.126. The van der Waals surface area contributed by atoms with Gasteiger partial charge in [0.05, 0.1) is 6.10 Å². The molecule has 1 fully saturated rings. The summed E-state index contributed by atoms with van der Waals surface area (Å²) in [5.41, 5.74) is 12.7. The van der Waals surface area contributed by atoms with Crippen LogP contribution in [0, 0.1) is 0 Å². The summed E-state index contributed by atoms with van der Waals surface area (Å²) in [6.45, 7) is 3.36. The minimum absolute atomic E-state index is 0.218. The molecule has 16 heavy (non-hydrogen) atoms. The number of hydrogen-bond donors (Lipinski definition) is 2. The van der Waals surface area contributed by atoms with Gasteiger partial charge in [0.15, 0.2) is 0 Å². The summed E-state index contributed by atoms with van der Waals surface area (Å²) in [4.78, 5) is 14.1. The number of amides is 1. The Labute approximate surface area is 94.0 Å². The van der Waals surface area contributed by atoms with Crippen molar-refractivity contribution in [3.8, 4) is 0 Å². The Hall–Kier alpha value is -1.30. The summed E-state index contributed by atoms with van der Waals surface area (Å²) in [6.07, 6.45) is 1.04. The van der Waals surface area contributed by atoms with E-state index in [2.05, 4.69) is 15.3 Å². The van der Waals surface area contributed by atoms with Crippen molar-refractivity contribution in [1.82, 2.24) is 5.32 Å². The van der Waals surface area contributed by atoms with Crippen molar-refractivity contribution in [2.24, 2.45) is 10.8 Å². The highest BCUT2D eigenvalue weighted by molar-refractivity contribution is 5.85. The van der Waals surface area contributed by atoms with Gasteiger partial charge in [-0.1, -0.05) is 5.11 Å². The topological polar surface area (TPSA) is 113 Å². The van der Waals surface area contributed by atoms with Gasteiger partial charge >= 0.3 is 0 Å². The Morgan fingerprint density at radius 3 is 3.06 bits per heavy atom. The number of carbonyl (C=O) groups is 1. The van der Waals surface area contributed by atoms with Crippen molar-refractivity contribution in [2.45, 2.75) is 31.4 Å². The number of ether oxygens (including phenoxy) is 1. The Kier molecular flexibility index (Phi) is 4.54. The molecule has 2 unspecified atom stereocenters. The Balaban J connectivity index is 2.46. The highest BCUT2D eigenvalue weighted by Crippen LogP contribution is 2.25. The Morgan fingerprint density at radius 1 is 1.81 bits per heavy atom. The standard InChI is InChI=1S/C9H17N5O2/c1-7-9(8(10)15,3-6-16-7)12-4-2-5-13-14-11/h7,12H,2-6H2,1H3,(H2,10,15). The third-order valence-electron chi connectivity index (χ3n) is 2.94. The van der Waals surface area contributed by atoms with Gasteiger partial charge in [0, 0.05) is 24.5 Å². The quantitative estimate of drug-likeness (QED) is 0.294. The lowest BCUT2D eigenvalue weighted by Gasteiger charge is -2.29. The van der Waals surface area contributed by atoms with Gasteiger partial charge in [0.1, 0.15) is 5.54 Å². The molecule has 2 atom stereocenters. The number of hydrogen-bond acceptors (Lipinski definition) is 4. The fraction of sp³-hybridized carbons (Fsp3) is 0.889. The highest BCUT2D eigenvalue weighted by Gasteiger charge is 2.46. The van der Waals surface area contributed by atoms with Crippen LogP contribution in [-0.2, 0) is 9.53 Å². The summed E-state index contributed by atoms with van der Waals surface area (Å²) < 4.78 is 5.36. The largest absolute Gasteiger partial charge is 0.376 e. The molecule has 0 aliphatic carbocycles. The van der Waals surface area contributed by atoms with Gasteiger partial charge in [0.25, 0.3) is 0 Å². The number of primary amides is 1. The van der Waals surface area contributed by atoms with Crippen molar-refractivity contribution in [3.63, 3.8) is 0 Å². The SMILES string of the molecule is CC1OCCC1(NCCCN=[N+]=[N-])C(N)=O. The number of nitrogens with one attached hydrogen (secondary N) is 1. The highest BCUT2D eigenvalue weighted by atomic mass is 16.5. The summed E-state index contributed by atoms with van der Waals surface area (Å²) >= 11 is 0. The molecule has 0 saturated carbocycles. The molecule has 1 rings (SSSR count). The van der Waals surface area contributed by atoms with Gasteiger partial charge in [-0.15, -0.1) is 0 Å². The third-order valence-corrected chi connectivity index (χ3v) is 2.94. The zero-order valence-electron chi connectivity index (χ0n) is 9.35. The normalized spacial score (nSPS) is 28.7. The van der Waals surface area contributed by atoms with Crippen molar-refractivity contribution < 1.29 is 9.53 Å². The molecule has 90 valence electrons. The van der Waals surface area contributed by atoms with Gasteiger partial charge in [-0.3, -0.25) is 4.79 Å². The lowest BCUT2D eigenvalue weighted by atomic mass is 9.91. The first-order valence-corrected chi connectivity index (χ1v) is 5.31. The van der Waals surface area contributed by atoms with Crippen LogP contribution in [0.5, 0.6) is 0 Å². The van der Waals surface area contributed by atoms with Crippen LogP contribution in [-0.4, -0.2) is 37.2 Å². The molecule has 0 aromatic heterocycles. The molecule has 7 nitrogen and oxygen atoms in total. The summed E-state index contributed by atoms with van der Waals surface area (Å²) in [5, 5.41) is 6.54. The van der Waals surface area contributed by atoms with E-state index in [-0.39, 0.29) is 12.0 Å². The van der Waals surface area contributed by atoms with Crippen molar-refractivity contribution in [2.75, 3.05) is 19.7 Å². The molecule has 7 heteroatoms. The van der Waals surface area contributed by atoms with Gasteiger partial charge in [0.2, 0.25) is 5.91 Å². The van der Waals surface area contributed by atoms with Crippen LogP contribution in [0.2, 0.25) is 0 Å². The summed E-state index contributed by atoms with van der Waals surface area (Å²) in [5.74, 6) is -0.388. The minimum Gasteiger partial charge on any atom is -0.376 e. The molecule has 1 aliphatic heterocycles. The molecule has 0 aromatic rings. The second-order valence-corrected chi connectivity index (χ2v) is 3.83. The number of rotatable bonds is 6. The number of azide groups is 1. The van der Waals surface area contributed by atoms with Crippen LogP contribution in [0.15, 0.2) is 5.11 Å². The minimum atomic E-state index is -0.768. The Bertz CT molecular complexity index is 302. The fourth-order valence-corrected chi connectivity index (χ4v) is 1.89. The van der Waals surface area contributed by atoms with Crippen LogP contribution in [0.4, 0.5) is 0 Å². The molecule has 1 heterocycles.